The minimum Gasteiger partial charge on any atom is -0.271 e. The van der Waals surface area contributed by atoms with E-state index in [2.05, 4.69) is 12.3 Å². The average molecular weight is 248 g/mol. The number of hydrogen-bond donors (Lipinski definition) is 2. The molecule has 16 heavy (non-hydrogen) atoms. The summed E-state index contributed by atoms with van der Waals surface area (Å²) in [5.74, 6) is 6.60. The number of hydrazine groups is 1. The zero-order chi connectivity index (χ0) is 12.3. The van der Waals surface area contributed by atoms with Gasteiger partial charge in [0.2, 0.25) is 0 Å². The summed E-state index contributed by atoms with van der Waals surface area (Å²) >= 11 is 0. The molecule has 0 radical (unpaired) electrons. The first-order valence-corrected chi connectivity index (χ1v) is 7.96. The largest absolute Gasteiger partial charge is 0.271 e. The number of rotatable bonds is 4. The molecule has 0 saturated heterocycles. The highest BCUT2D eigenvalue weighted by Gasteiger charge is 2.33. The lowest BCUT2D eigenvalue weighted by atomic mass is 9.78. The van der Waals surface area contributed by atoms with Crippen molar-refractivity contribution < 1.29 is 8.42 Å². The van der Waals surface area contributed by atoms with Gasteiger partial charge in [0, 0.05) is 12.3 Å². The van der Waals surface area contributed by atoms with Gasteiger partial charge < -0.3 is 0 Å². The Morgan fingerprint density at radius 3 is 2.44 bits per heavy atom. The molecule has 5 heteroatoms. The summed E-state index contributed by atoms with van der Waals surface area (Å²) in [5.41, 5.74) is 2.72. The van der Waals surface area contributed by atoms with Crippen LogP contribution in [-0.4, -0.2) is 26.0 Å². The van der Waals surface area contributed by atoms with Crippen molar-refractivity contribution in [1.29, 1.82) is 0 Å². The van der Waals surface area contributed by atoms with E-state index in [1.165, 1.54) is 19.1 Å². The Balaban J connectivity index is 2.73. The molecule has 0 aliphatic heterocycles. The first kappa shape index (κ1) is 13.9. The van der Waals surface area contributed by atoms with Crippen LogP contribution in [0.1, 0.15) is 39.5 Å². The predicted molar refractivity (Wildman–Crippen MR) is 66.5 cm³/mol. The molecule has 0 aromatic rings. The normalized spacial score (nSPS) is 31.0. The van der Waals surface area contributed by atoms with Crippen LogP contribution in [0.15, 0.2) is 0 Å². The van der Waals surface area contributed by atoms with Crippen LogP contribution in [0.5, 0.6) is 0 Å². The second-order valence-electron chi connectivity index (χ2n) is 5.26. The summed E-state index contributed by atoms with van der Waals surface area (Å²) in [6.07, 6.45) is 5.88. The van der Waals surface area contributed by atoms with Gasteiger partial charge in [-0.25, -0.2) is 8.42 Å². The zero-order valence-electron chi connectivity index (χ0n) is 10.4. The Morgan fingerprint density at radius 2 is 2.00 bits per heavy atom. The van der Waals surface area contributed by atoms with Crippen molar-refractivity contribution in [3.05, 3.63) is 0 Å². The van der Waals surface area contributed by atoms with Gasteiger partial charge in [0.1, 0.15) is 0 Å². The first-order chi connectivity index (χ1) is 7.36. The molecule has 0 bridgehead atoms. The Hall–Kier alpha value is -0.130. The quantitative estimate of drug-likeness (QED) is 0.577. The van der Waals surface area contributed by atoms with Crippen LogP contribution in [0.25, 0.3) is 0 Å². The average Bonchev–Trinajstić information content (AvgIpc) is 2.17. The third kappa shape index (κ3) is 3.43. The van der Waals surface area contributed by atoms with Gasteiger partial charge >= 0.3 is 0 Å². The molecule has 3 N–H and O–H groups in total. The lowest BCUT2D eigenvalue weighted by Crippen LogP contribution is -2.51. The Kier molecular flexibility index (Phi) is 4.76. The Labute approximate surface area is 98.9 Å². The van der Waals surface area contributed by atoms with Gasteiger partial charge in [0.15, 0.2) is 9.84 Å². The smallest absolute Gasteiger partial charge is 0.151 e. The number of sulfone groups is 1. The molecule has 4 unspecified atom stereocenters. The number of nitrogens with two attached hydrogens (primary N) is 1. The van der Waals surface area contributed by atoms with Gasteiger partial charge in [-0.3, -0.25) is 11.3 Å². The van der Waals surface area contributed by atoms with E-state index in [-0.39, 0.29) is 6.04 Å². The highest BCUT2D eigenvalue weighted by molar-refractivity contribution is 7.91. The van der Waals surface area contributed by atoms with Crippen LogP contribution in [0.2, 0.25) is 0 Å². The summed E-state index contributed by atoms with van der Waals surface area (Å²) in [6, 6.07) is -0.113. The fraction of sp³-hybridized carbons (Fsp3) is 1.00. The van der Waals surface area contributed by atoms with Crippen molar-refractivity contribution >= 4 is 9.84 Å². The van der Waals surface area contributed by atoms with E-state index in [0.717, 1.165) is 12.8 Å². The molecular weight excluding hydrogens is 224 g/mol. The summed E-state index contributed by atoms with van der Waals surface area (Å²) in [7, 11) is -3.02. The van der Waals surface area contributed by atoms with Crippen molar-refractivity contribution in [3.8, 4) is 0 Å². The van der Waals surface area contributed by atoms with E-state index in [9.17, 15) is 8.42 Å². The first-order valence-electron chi connectivity index (χ1n) is 6.01. The maximum absolute atomic E-state index is 11.6. The molecule has 1 fully saturated rings. The monoisotopic (exact) mass is 248 g/mol. The second kappa shape index (κ2) is 5.47. The van der Waals surface area contributed by atoms with E-state index in [1.54, 1.807) is 6.92 Å². The van der Waals surface area contributed by atoms with Crippen LogP contribution < -0.4 is 11.3 Å². The predicted octanol–water partition coefficient (Wildman–Crippen LogP) is 1.08. The van der Waals surface area contributed by atoms with Crippen molar-refractivity contribution in [1.82, 2.24) is 5.43 Å². The lowest BCUT2D eigenvalue weighted by Gasteiger charge is -2.35. The molecule has 1 aliphatic rings. The van der Waals surface area contributed by atoms with E-state index in [4.69, 9.17) is 5.84 Å². The molecular formula is C11H24N2O2S. The van der Waals surface area contributed by atoms with E-state index in [0.29, 0.717) is 11.8 Å². The standard InChI is InChI=1S/C11H24N2O2S/c1-8-5-4-6-10(7-8)11(13-12)9(2)16(3,14)15/h8-11,13H,4-7,12H2,1-3H3. The zero-order valence-corrected chi connectivity index (χ0v) is 11.3. The fourth-order valence-corrected chi connectivity index (χ4v) is 3.56. The van der Waals surface area contributed by atoms with Crippen LogP contribution in [-0.2, 0) is 9.84 Å². The van der Waals surface area contributed by atoms with Gasteiger partial charge in [-0.2, -0.15) is 0 Å². The summed E-state index contributed by atoms with van der Waals surface area (Å²) in [5, 5.41) is -0.409. The Morgan fingerprint density at radius 1 is 1.38 bits per heavy atom. The molecule has 4 nitrogen and oxygen atoms in total. The molecule has 1 saturated carbocycles. The molecule has 0 spiro atoms. The van der Waals surface area contributed by atoms with Crippen LogP contribution in [0.3, 0.4) is 0 Å². The minimum atomic E-state index is -3.02. The molecule has 96 valence electrons. The maximum atomic E-state index is 11.6. The van der Waals surface area contributed by atoms with Gasteiger partial charge in [0.05, 0.1) is 5.25 Å². The Bertz CT molecular complexity index is 316. The van der Waals surface area contributed by atoms with Crippen LogP contribution in [0.4, 0.5) is 0 Å². The van der Waals surface area contributed by atoms with Gasteiger partial charge in [-0.05, 0) is 31.6 Å². The molecule has 0 amide bonds. The number of hydrogen-bond acceptors (Lipinski definition) is 4. The van der Waals surface area contributed by atoms with Crippen molar-refractivity contribution in [2.45, 2.75) is 50.8 Å². The molecule has 1 aliphatic carbocycles. The third-order valence-electron chi connectivity index (χ3n) is 3.86. The minimum absolute atomic E-state index is 0.113. The van der Waals surface area contributed by atoms with Crippen LogP contribution >= 0.6 is 0 Å². The highest BCUT2D eigenvalue weighted by Crippen LogP contribution is 2.32. The van der Waals surface area contributed by atoms with E-state index >= 15 is 0 Å². The summed E-state index contributed by atoms with van der Waals surface area (Å²) in [6.45, 7) is 3.98. The van der Waals surface area contributed by atoms with Crippen molar-refractivity contribution in [3.63, 3.8) is 0 Å². The molecule has 4 atom stereocenters. The molecule has 1 rings (SSSR count). The van der Waals surface area contributed by atoms with E-state index in [1.807, 2.05) is 0 Å². The van der Waals surface area contributed by atoms with Crippen molar-refractivity contribution in [2.75, 3.05) is 6.26 Å². The van der Waals surface area contributed by atoms with Crippen LogP contribution in [0, 0.1) is 11.8 Å². The van der Waals surface area contributed by atoms with E-state index < -0.39 is 15.1 Å². The number of nitrogens with one attached hydrogen (secondary N) is 1. The second-order valence-corrected chi connectivity index (χ2v) is 7.66. The fourth-order valence-electron chi connectivity index (χ4n) is 2.73. The SMILES string of the molecule is CC1CCCC(C(NN)C(C)S(C)(=O)=O)C1. The van der Waals surface area contributed by atoms with Gasteiger partial charge in [-0.15, -0.1) is 0 Å². The molecule has 0 aromatic heterocycles. The highest BCUT2D eigenvalue weighted by atomic mass is 32.2. The van der Waals surface area contributed by atoms with Crippen molar-refractivity contribution in [2.24, 2.45) is 17.7 Å². The summed E-state index contributed by atoms with van der Waals surface area (Å²) in [4.78, 5) is 0. The maximum Gasteiger partial charge on any atom is 0.151 e. The summed E-state index contributed by atoms with van der Waals surface area (Å²) < 4.78 is 23.1. The molecule has 0 aromatic carbocycles. The van der Waals surface area contributed by atoms with Gasteiger partial charge in [-0.1, -0.05) is 19.8 Å². The third-order valence-corrected chi connectivity index (χ3v) is 5.50. The lowest BCUT2D eigenvalue weighted by molar-refractivity contribution is 0.220. The topological polar surface area (TPSA) is 72.2 Å². The van der Waals surface area contributed by atoms with Gasteiger partial charge in [0.25, 0.3) is 0 Å². The molecule has 0 heterocycles.